The van der Waals surface area contributed by atoms with Gasteiger partial charge in [0, 0.05) is 30.4 Å². The van der Waals surface area contributed by atoms with Crippen LogP contribution in [0.1, 0.15) is 5.56 Å². The summed E-state index contributed by atoms with van der Waals surface area (Å²) in [6, 6.07) is 9.58. The van der Waals surface area contributed by atoms with E-state index in [-0.39, 0.29) is 5.91 Å². The van der Waals surface area contributed by atoms with Gasteiger partial charge in [0.15, 0.2) is 5.82 Å². The van der Waals surface area contributed by atoms with Crippen LogP contribution in [-0.2, 0) is 9.53 Å². The maximum Gasteiger partial charge on any atom is 0.247 e. The van der Waals surface area contributed by atoms with E-state index >= 15 is 0 Å². The highest BCUT2D eigenvalue weighted by atomic mass is 35.5. The Balaban J connectivity index is 1.41. The second-order valence-electron chi connectivity index (χ2n) is 8.10. The summed E-state index contributed by atoms with van der Waals surface area (Å²) in [4.78, 5) is 27.4. The molecule has 10 heteroatoms. The first-order chi connectivity index (χ1) is 17.0. The standard InChI is InChI=1S/C25H24ClN7O2/c1-3-23(34)29-17-4-6-21-19(12-17)16(2)15-33(21)24-20(26)14-28-25(31-24)30-18-5-7-22(27-13-18)32-8-10-35-11-9-32/h3-7,12-15H,1,8-11H2,2H3,(H,29,34)(H,28,30,31). The Labute approximate surface area is 207 Å². The summed E-state index contributed by atoms with van der Waals surface area (Å²) in [6.07, 6.45) is 6.53. The van der Waals surface area contributed by atoms with Gasteiger partial charge in [-0.1, -0.05) is 18.2 Å². The van der Waals surface area contributed by atoms with Crippen molar-refractivity contribution in [2.45, 2.75) is 6.92 Å². The summed E-state index contributed by atoms with van der Waals surface area (Å²) in [6.45, 7) is 8.56. The number of rotatable bonds is 6. The molecule has 0 radical (unpaired) electrons. The SMILES string of the molecule is C=CC(=O)Nc1ccc2c(c1)c(C)cn2-c1nc(Nc2ccc(N3CCOCC3)nc2)ncc1Cl. The smallest absolute Gasteiger partial charge is 0.247 e. The first-order valence-electron chi connectivity index (χ1n) is 11.2. The number of morpholine rings is 1. The predicted octanol–water partition coefficient (Wildman–Crippen LogP) is 4.48. The zero-order valence-corrected chi connectivity index (χ0v) is 19.9. The molecule has 2 N–H and O–H groups in total. The van der Waals surface area contributed by atoms with E-state index in [2.05, 4.69) is 37.1 Å². The fraction of sp³-hybridized carbons (Fsp3) is 0.200. The second kappa shape index (κ2) is 9.73. The minimum Gasteiger partial charge on any atom is -0.378 e. The van der Waals surface area contributed by atoms with Crippen molar-refractivity contribution in [3.8, 4) is 5.82 Å². The van der Waals surface area contributed by atoms with E-state index in [0.29, 0.717) is 35.7 Å². The van der Waals surface area contributed by atoms with Crippen molar-refractivity contribution in [1.82, 2.24) is 19.5 Å². The van der Waals surface area contributed by atoms with Crippen molar-refractivity contribution in [1.29, 1.82) is 0 Å². The molecule has 1 amide bonds. The highest BCUT2D eigenvalue weighted by Crippen LogP contribution is 2.30. The number of benzene rings is 1. The normalized spacial score (nSPS) is 13.6. The maximum atomic E-state index is 11.7. The lowest BCUT2D eigenvalue weighted by molar-refractivity contribution is -0.111. The number of aromatic nitrogens is 4. The molecule has 3 aromatic heterocycles. The van der Waals surface area contributed by atoms with Gasteiger partial charge in [-0.2, -0.15) is 4.98 Å². The quantitative estimate of drug-likeness (QED) is 0.385. The molecule has 0 saturated carbocycles. The van der Waals surface area contributed by atoms with Gasteiger partial charge in [0.05, 0.1) is 36.8 Å². The van der Waals surface area contributed by atoms with Crippen LogP contribution in [0.25, 0.3) is 16.7 Å². The Hall–Kier alpha value is -3.95. The average molecular weight is 490 g/mol. The number of pyridine rings is 1. The van der Waals surface area contributed by atoms with Crippen molar-refractivity contribution >= 4 is 51.6 Å². The van der Waals surface area contributed by atoms with Crippen LogP contribution in [0, 0.1) is 6.92 Å². The van der Waals surface area contributed by atoms with Crippen LogP contribution in [0.3, 0.4) is 0 Å². The largest absolute Gasteiger partial charge is 0.378 e. The van der Waals surface area contributed by atoms with Gasteiger partial charge in [0.1, 0.15) is 10.8 Å². The number of carbonyl (C=O) groups excluding carboxylic acids is 1. The molecule has 1 aromatic carbocycles. The highest BCUT2D eigenvalue weighted by molar-refractivity contribution is 6.32. The van der Waals surface area contributed by atoms with Crippen LogP contribution < -0.4 is 15.5 Å². The number of aryl methyl sites for hydroxylation is 1. The second-order valence-corrected chi connectivity index (χ2v) is 8.51. The van der Waals surface area contributed by atoms with Gasteiger partial charge in [-0.3, -0.25) is 9.36 Å². The van der Waals surface area contributed by atoms with Crippen molar-refractivity contribution in [3.63, 3.8) is 0 Å². The summed E-state index contributed by atoms with van der Waals surface area (Å²) in [5, 5.41) is 7.38. The Morgan fingerprint density at radius 2 is 1.94 bits per heavy atom. The molecule has 178 valence electrons. The van der Waals surface area contributed by atoms with Gasteiger partial charge < -0.3 is 20.3 Å². The van der Waals surface area contributed by atoms with E-state index in [1.807, 2.05) is 48.0 Å². The molecular weight excluding hydrogens is 466 g/mol. The van der Waals surface area contributed by atoms with Crippen molar-refractivity contribution in [2.24, 2.45) is 0 Å². The van der Waals surface area contributed by atoms with Crippen molar-refractivity contribution < 1.29 is 9.53 Å². The first-order valence-corrected chi connectivity index (χ1v) is 11.5. The molecule has 4 heterocycles. The minimum absolute atomic E-state index is 0.261. The molecule has 1 aliphatic rings. The Bertz CT molecular complexity index is 1400. The molecule has 1 saturated heterocycles. The monoisotopic (exact) mass is 489 g/mol. The van der Waals surface area contributed by atoms with Crippen LogP contribution in [-0.4, -0.2) is 51.7 Å². The number of fused-ring (bicyclic) bond motifs is 1. The van der Waals surface area contributed by atoms with Crippen LogP contribution in [0.15, 0.2) is 61.6 Å². The number of nitrogens with zero attached hydrogens (tertiary/aromatic N) is 5. The zero-order chi connectivity index (χ0) is 24.4. The molecule has 0 aliphatic carbocycles. The zero-order valence-electron chi connectivity index (χ0n) is 19.2. The number of anilines is 4. The van der Waals surface area contributed by atoms with Gasteiger partial charge in [0.2, 0.25) is 11.9 Å². The van der Waals surface area contributed by atoms with Gasteiger partial charge in [-0.05, 0) is 48.9 Å². The Kier molecular flexibility index (Phi) is 6.35. The molecule has 4 aromatic rings. The van der Waals surface area contributed by atoms with E-state index < -0.39 is 0 Å². The molecule has 1 aliphatic heterocycles. The molecule has 0 spiro atoms. The first kappa shape index (κ1) is 22.8. The van der Waals surface area contributed by atoms with Gasteiger partial charge in [0.25, 0.3) is 0 Å². The van der Waals surface area contributed by atoms with E-state index in [1.54, 1.807) is 12.4 Å². The summed E-state index contributed by atoms with van der Waals surface area (Å²) in [5.74, 6) is 1.60. The van der Waals surface area contributed by atoms with Crippen LogP contribution in [0.5, 0.6) is 0 Å². The molecule has 1 fully saturated rings. The lowest BCUT2D eigenvalue weighted by atomic mass is 10.2. The lowest BCUT2D eigenvalue weighted by Gasteiger charge is -2.27. The molecule has 5 rings (SSSR count). The van der Waals surface area contributed by atoms with Crippen LogP contribution >= 0.6 is 11.6 Å². The minimum atomic E-state index is -0.261. The topological polar surface area (TPSA) is 97.2 Å². The molecule has 9 nitrogen and oxygen atoms in total. The van der Waals surface area contributed by atoms with Crippen LogP contribution in [0.2, 0.25) is 5.02 Å². The van der Waals surface area contributed by atoms with Crippen LogP contribution in [0.4, 0.5) is 23.1 Å². The lowest BCUT2D eigenvalue weighted by Crippen LogP contribution is -2.36. The molecule has 0 bridgehead atoms. The summed E-state index contributed by atoms with van der Waals surface area (Å²) in [7, 11) is 0. The molecule has 0 unspecified atom stereocenters. The van der Waals surface area contributed by atoms with E-state index in [0.717, 1.165) is 41.1 Å². The number of amides is 1. The Morgan fingerprint density at radius 3 is 2.69 bits per heavy atom. The predicted molar refractivity (Wildman–Crippen MR) is 138 cm³/mol. The average Bonchev–Trinajstić information content (AvgIpc) is 3.21. The summed E-state index contributed by atoms with van der Waals surface area (Å²) in [5.41, 5.74) is 3.38. The van der Waals surface area contributed by atoms with Crippen molar-refractivity contribution in [2.75, 3.05) is 41.8 Å². The number of nitrogens with one attached hydrogen (secondary N) is 2. The molecular formula is C25H24ClN7O2. The summed E-state index contributed by atoms with van der Waals surface area (Å²) < 4.78 is 7.32. The van der Waals surface area contributed by atoms with Gasteiger partial charge in [-0.15, -0.1) is 0 Å². The third-order valence-corrected chi connectivity index (χ3v) is 6.02. The number of ether oxygens (including phenoxy) is 1. The van der Waals surface area contributed by atoms with Gasteiger partial charge in [-0.25, -0.2) is 9.97 Å². The number of carbonyl (C=O) groups is 1. The maximum absolute atomic E-state index is 11.7. The fourth-order valence-electron chi connectivity index (χ4n) is 4.00. The third-order valence-electron chi connectivity index (χ3n) is 5.75. The summed E-state index contributed by atoms with van der Waals surface area (Å²) >= 11 is 6.50. The van der Waals surface area contributed by atoms with E-state index in [4.69, 9.17) is 16.3 Å². The fourth-order valence-corrected chi connectivity index (χ4v) is 4.18. The number of halogens is 1. The highest BCUT2D eigenvalue weighted by Gasteiger charge is 2.15. The van der Waals surface area contributed by atoms with Crippen molar-refractivity contribution in [3.05, 3.63) is 72.2 Å². The number of hydrogen-bond acceptors (Lipinski definition) is 7. The molecule has 35 heavy (non-hydrogen) atoms. The van der Waals surface area contributed by atoms with E-state index in [1.165, 1.54) is 6.08 Å². The van der Waals surface area contributed by atoms with Gasteiger partial charge >= 0.3 is 0 Å². The Morgan fingerprint density at radius 1 is 1.14 bits per heavy atom. The van der Waals surface area contributed by atoms with E-state index in [9.17, 15) is 4.79 Å². The number of hydrogen-bond donors (Lipinski definition) is 2. The third kappa shape index (κ3) is 4.82. The molecule has 0 atom stereocenters.